The molecule has 1 amide bonds. The van der Waals surface area contributed by atoms with Crippen LogP contribution in [-0.4, -0.2) is 48.3 Å². The van der Waals surface area contributed by atoms with E-state index < -0.39 is 0 Å². The van der Waals surface area contributed by atoms with Crippen LogP contribution in [-0.2, 0) is 4.74 Å². The zero-order valence-corrected chi connectivity index (χ0v) is 13.3. The summed E-state index contributed by atoms with van der Waals surface area (Å²) in [5.41, 5.74) is 0. The minimum absolute atomic E-state index is 0.134. The maximum absolute atomic E-state index is 12.6. The number of hydrogen-bond acceptors (Lipinski definition) is 4. The molecular formula is C17H21NO3S. The largest absolute Gasteiger partial charge is 0.396 e. The molecule has 0 aliphatic carbocycles. The van der Waals surface area contributed by atoms with Crippen molar-refractivity contribution in [2.45, 2.75) is 25.4 Å². The van der Waals surface area contributed by atoms with E-state index in [1.807, 2.05) is 29.2 Å². The Morgan fingerprint density at radius 1 is 1.32 bits per heavy atom. The van der Waals surface area contributed by atoms with Gasteiger partial charge in [0, 0.05) is 31.0 Å². The van der Waals surface area contributed by atoms with Gasteiger partial charge in [0.25, 0.3) is 5.91 Å². The zero-order chi connectivity index (χ0) is 15.4. The van der Waals surface area contributed by atoms with Crippen molar-refractivity contribution in [1.82, 2.24) is 4.90 Å². The summed E-state index contributed by atoms with van der Waals surface area (Å²) >= 11 is 1.57. The smallest absolute Gasteiger partial charge is 0.263 e. The fourth-order valence-electron chi connectivity index (χ4n) is 2.78. The van der Waals surface area contributed by atoms with Gasteiger partial charge in [-0.05, 0) is 36.8 Å². The van der Waals surface area contributed by atoms with Crippen molar-refractivity contribution in [3.63, 3.8) is 0 Å². The number of likely N-dealkylation sites (tertiary alicyclic amines) is 1. The summed E-state index contributed by atoms with van der Waals surface area (Å²) in [4.78, 5) is 15.3. The van der Waals surface area contributed by atoms with E-state index in [0.29, 0.717) is 13.0 Å². The molecule has 1 aliphatic rings. The van der Waals surface area contributed by atoms with Gasteiger partial charge in [0.1, 0.15) is 0 Å². The van der Waals surface area contributed by atoms with Crippen molar-refractivity contribution < 1.29 is 14.6 Å². The summed E-state index contributed by atoms with van der Waals surface area (Å²) in [7, 11) is 0. The number of nitrogens with zero attached hydrogens (tertiary/aromatic N) is 1. The summed E-state index contributed by atoms with van der Waals surface area (Å²) in [5, 5.41) is 9.90. The van der Waals surface area contributed by atoms with Crippen LogP contribution in [0.2, 0.25) is 0 Å². The Hall–Kier alpha value is -1.43. The van der Waals surface area contributed by atoms with Crippen molar-refractivity contribution in [2.24, 2.45) is 0 Å². The fraction of sp³-hybridized carbons (Fsp3) is 0.471. The lowest BCUT2D eigenvalue weighted by atomic mass is 10.1. The van der Waals surface area contributed by atoms with Crippen LogP contribution < -0.4 is 0 Å². The Kier molecular flexibility index (Phi) is 5.08. The number of aliphatic hydroxyl groups is 1. The molecule has 118 valence electrons. The molecule has 1 aromatic carbocycles. The lowest BCUT2D eigenvalue weighted by Gasteiger charge is -2.31. The lowest BCUT2D eigenvalue weighted by Crippen LogP contribution is -2.40. The third-order valence-electron chi connectivity index (χ3n) is 4.02. The first-order valence-corrected chi connectivity index (χ1v) is 8.60. The number of carbonyl (C=O) groups is 1. The number of fused-ring (bicyclic) bond motifs is 1. The highest BCUT2D eigenvalue weighted by molar-refractivity contribution is 7.20. The predicted molar refractivity (Wildman–Crippen MR) is 88.4 cm³/mol. The van der Waals surface area contributed by atoms with E-state index in [-0.39, 0.29) is 18.6 Å². The van der Waals surface area contributed by atoms with Gasteiger partial charge in [-0.1, -0.05) is 18.2 Å². The molecule has 2 heterocycles. The number of rotatable bonds is 5. The van der Waals surface area contributed by atoms with E-state index in [1.54, 1.807) is 11.3 Å². The highest BCUT2D eigenvalue weighted by Crippen LogP contribution is 2.27. The van der Waals surface area contributed by atoms with Crippen LogP contribution in [0.3, 0.4) is 0 Å². The molecule has 0 bridgehead atoms. The molecule has 0 atom stereocenters. The topological polar surface area (TPSA) is 49.8 Å². The highest BCUT2D eigenvalue weighted by atomic mass is 32.1. The first-order chi connectivity index (χ1) is 10.8. The van der Waals surface area contributed by atoms with Crippen molar-refractivity contribution in [1.29, 1.82) is 0 Å². The summed E-state index contributed by atoms with van der Waals surface area (Å²) in [6.07, 6.45) is 2.66. The van der Waals surface area contributed by atoms with Crippen molar-refractivity contribution >= 4 is 27.3 Å². The third-order valence-corrected chi connectivity index (χ3v) is 5.13. The molecule has 2 aromatic rings. The van der Waals surface area contributed by atoms with Gasteiger partial charge in [-0.2, -0.15) is 0 Å². The molecule has 5 heteroatoms. The van der Waals surface area contributed by atoms with Gasteiger partial charge >= 0.3 is 0 Å². The van der Waals surface area contributed by atoms with E-state index in [0.717, 1.165) is 40.9 Å². The Balaban J connectivity index is 1.57. The number of hydrogen-bond donors (Lipinski definition) is 1. The van der Waals surface area contributed by atoms with Gasteiger partial charge in [0.15, 0.2) is 0 Å². The molecule has 22 heavy (non-hydrogen) atoms. The van der Waals surface area contributed by atoms with Crippen LogP contribution >= 0.6 is 11.3 Å². The van der Waals surface area contributed by atoms with E-state index in [9.17, 15) is 4.79 Å². The number of benzene rings is 1. The van der Waals surface area contributed by atoms with Gasteiger partial charge in [-0.25, -0.2) is 0 Å². The standard InChI is InChI=1S/C17H21NO3S/c19-10-3-11-21-14-6-8-18(9-7-14)17(20)16-12-13-4-1-2-5-15(13)22-16/h1-2,4-5,12,14,19H,3,6-11H2. The van der Waals surface area contributed by atoms with Crippen LogP contribution in [0.4, 0.5) is 0 Å². The molecule has 0 saturated carbocycles. The zero-order valence-electron chi connectivity index (χ0n) is 12.5. The van der Waals surface area contributed by atoms with Gasteiger partial charge in [-0.3, -0.25) is 4.79 Å². The van der Waals surface area contributed by atoms with Crippen molar-refractivity contribution in [3.05, 3.63) is 35.2 Å². The minimum Gasteiger partial charge on any atom is -0.396 e. The molecule has 0 unspecified atom stereocenters. The molecule has 1 fully saturated rings. The van der Waals surface area contributed by atoms with E-state index >= 15 is 0 Å². The van der Waals surface area contributed by atoms with Gasteiger partial charge in [0.2, 0.25) is 0 Å². The quantitative estimate of drug-likeness (QED) is 0.862. The average molecular weight is 319 g/mol. The number of amides is 1. The molecule has 1 saturated heterocycles. The second-order valence-electron chi connectivity index (χ2n) is 5.59. The van der Waals surface area contributed by atoms with Crippen LogP contribution in [0.15, 0.2) is 30.3 Å². The molecule has 1 N–H and O–H groups in total. The maximum atomic E-state index is 12.6. The number of piperidine rings is 1. The van der Waals surface area contributed by atoms with Crippen molar-refractivity contribution in [2.75, 3.05) is 26.3 Å². The monoisotopic (exact) mass is 319 g/mol. The van der Waals surface area contributed by atoms with Crippen molar-refractivity contribution in [3.8, 4) is 0 Å². The van der Waals surface area contributed by atoms with Crippen LogP contribution in [0.25, 0.3) is 10.1 Å². The lowest BCUT2D eigenvalue weighted by molar-refractivity contribution is 0.00409. The number of ether oxygens (including phenoxy) is 1. The third kappa shape index (κ3) is 3.48. The van der Waals surface area contributed by atoms with Gasteiger partial charge < -0.3 is 14.7 Å². The Morgan fingerprint density at radius 3 is 2.82 bits per heavy atom. The molecule has 4 nitrogen and oxygen atoms in total. The molecule has 1 aliphatic heterocycles. The minimum atomic E-state index is 0.134. The summed E-state index contributed by atoms with van der Waals surface area (Å²) in [6, 6.07) is 10.1. The number of thiophene rings is 1. The van der Waals surface area contributed by atoms with E-state index in [1.165, 1.54) is 0 Å². The van der Waals surface area contributed by atoms with E-state index in [4.69, 9.17) is 9.84 Å². The molecule has 1 aromatic heterocycles. The summed E-state index contributed by atoms with van der Waals surface area (Å²) < 4.78 is 6.87. The number of carbonyl (C=O) groups excluding carboxylic acids is 1. The number of aliphatic hydroxyl groups excluding tert-OH is 1. The molecule has 3 rings (SSSR count). The molecule has 0 spiro atoms. The van der Waals surface area contributed by atoms with Gasteiger partial charge in [-0.15, -0.1) is 11.3 Å². The highest BCUT2D eigenvalue weighted by Gasteiger charge is 2.24. The van der Waals surface area contributed by atoms with Gasteiger partial charge in [0.05, 0.1) is 11.0 Å². The average Bonchev–Trinajstić information content (AvgIpc) is 2.99. The maximum Gasteiger partial charge on any atom is 0.263 e. The van der Waals surface area contributed by atoms with Crippen LogP contribution in [0.5, 0.6) is 0 Å². The molecular weight excluding hydrogens is 298 g/mol. The fourth-order valence-corrected chi connectivity index (χ4v) is 3.81. The summed E-state index contributed by atoms with van der Waals surface area (Å²) in [5.74, 6) is 0.134. The predicted octanol–water partition coefficient (Wildman–Crippen LogP) is 2.90. The molecule has 0 radical (unpaired) electrons. The first-order valence-electron chi connectivity index (χ1n) is 7.78. The van der Waals surface area contributed by atoms with Crippen LogP contribution in [0.1, 0.15) is 28.9 Å². The SMILES string of the molecule is O=C(c1cc2ccccc2s1)N1CCC(OCCCO)CC1. The summed E-state index contributed by atoms with van der Waals surface area (Å²) in [6.45, 7) is 2.27. The second kappa shape index (κ2) is 7.22. The normalized spacial score (nSPS) is 16.3. The Morgan fingerprint density at radius 2 is 2.09 bits per heavy atom. The van der Waals surface area contributed by atoms with Crippen LogP contribution in [0, 0.1) is 0 Å². The second-order valence-corrected chi connectivity index (χ2v) is 6.67. The Bertz CT molecular complexity index is 599. The Labute approximate surface area is 134 Å². The first kappa shape index (κ1) is 15.5. The van der Waals surface area contributed by atoms with E-state index in [2.05, 4.69) is 6.07 Å².